The molecule has 0 heterocycles. The van der Waals surface area contributed by atoms with Crippen molar-refractivity contribution in [2.45, 2.75) is 53.4 Å². The molecule has 0 radical (unpaired) electrons. The molecule has 0 bridgehead atoms. The molecule has 0 fully saturated rings. The van der Waals surface area contributed by atoms with Gasteiger partial charge in [0.2, 0.25) is 0 Å². The van der Waals surface area contributed by atoms with Crippen LogP contribution >= 0.6 is 0 Å². The summed E-state index contributed by atoms with van der Waals surface area (Å²) in [6.07, 6.45) is 0. The lowest BCUT2D eigenvalue weighted by atomic mass is 9.89. The minimum atomic E-state index is 0.362. The number of benzene rings is 10. The van der Waals surface area contributed by atoms with Crippen LogP contribution in [-0.4, -0.2) is 0 Å². The van der Waals surface area contributed by atoms with Crippen molar-refractivity contribution in [2.24, 2.45) is 0 Å². The monoisotopic (exact) mass is 826 g/mol. The number of anilines is 6. The predicted molar refractivity (Wildman–Crippen MR) is 277 cm³/mol. The van der Waals surface area contributed by atoms with Crippen LogP contribution in [0.4, 0.5) is 34.1 Å². The molecule has 10 aromatic rings. The van der Waals surface area contributed by atoms with Gasteiger partial charge in [-0.2, -0.15) is 0 Å². The quantitative estimate of drug-likeness (QED) is 0.127. The summed E-state index contributed by atoms with van der Waals surface area (Å²) >= 11 is 0. The first kappa shape index (κ1) is 40.6. The van der Waals surface area contributed by atoms with E-state index in [1.165, 1.54) is 76.8 Å². The van der Waals surface area contributed by atoms with E-state index < -0.39 is 0 Å². The Bertz CT molecular complexity index is 3020. The van der Waals surface area contributed by atoms with Gasteiger partial charge in [-0.25, -0.2) is 0 Å². The van der Waals surface area contributed by atoms with Gasteiger partial charge in [0, 0.05) is 33.5 Å². The van der Waals surface area contributed by atoms with Gasteiger partial charge in [0.1, 0.15) is 0 Å². The van der Waals surface area contributed by atoms with Crippen molar-refractivity contribution in [3.63, 3.8) is 0 Å². The second kappa shape index (κ2) is 17.0. The summed E-state index contributed by atoms with van der Waals surface area (Å²) < 4.78 is 0. The van der Waals surface area contributed by atoms with Crippen molar-refractivity contribution in [1.29, 1.82) is 0 Å². The molecule has 10 rings (SSSR count). The number of nitrogens with zero attached hydrogens (tertiary/aromatic N) is 2. The zero-order valence-electron chi connectivity index (χ0n) is 37.7. The SMILES string of the molecule is Cc1ccc(N(c2ccc(-c3ccccc3)cc2)c2cc3c4cc(C(C)C)ccc4c(N(c4ccc(C)cc4)c4ccc(-c5ccccc5)cc4)cc3c3cc(C(C)C)ccc23)cc1. The Morgan fingerprint density at radius 1 is 0.281 bits per heavy atom. The summed E-state index contributed by atoms with van der Waals surface area (Å²) in [7, 11) is 0. The molecular weight excluding hydrogens is 773 g/mol. The highest BCUT2D eigenvalue weighted by molar-refractivity contribution is 6.25. The molecule has 0 amide bonds. The Labute approximate surface area is 378 Å². The van der Waals surface area contributed by atoms with Gasteiger partial charge in [0.15, 0.2) is 0 Å². The van der Waals surface area contributed by atoms with Crippen molar-refractivity contribution in [1.82, 2.24) is 0 Å². The minimum Gasteiger partial charge on any atom is -0.310 e. The Kier molecular flexibility index (Phi) is 10.8. The molecule has 0 aromatic heterocycles. The number of aryl methyl sites for hydroxylation is 2. The standard InChI is InChI=1S/C62H54N2/c1-41(2)49-25-35-55-57(37-49)59-39-62(64(52-29-19-44(6)20-30-52)54-33-23-48(24-34-54)46-15-11-8-12-16-46)56-36-26-50(42(3)4)38-58(56)60(59)40-61(55)63(51-27-17-43(5)18-28-51)53-31-21-47(22-32-53)45-13-9-7-10-14-45/h7-42H,1-6H3. The van der Waals surface area contributed by atoms with Gasteiger partial charge < -0.3 is 9.80 Å². The molecule has 0 atom stereocenters. The van der Waals surface area contributed by atoms with Crippen LogP contribution in [0, 0.1) is 13.8 Å². The lowest BCUT2D eigenvalue weighted by Crippen LogP contribution is -2.12. The number of hydrogen-bond donors (Lipinski definition) is 0. The summed E-state index contributed by atoms with van der Waals surface area (Å²) in [5.74, 6) is 0.725. The molecule has 0 unspecified atom stereocenters. The summed E-state index contributed by atoms with van der Waals surface area (Å²) in [6, 6.07) is 76.7. The highest BCUT2D eigenvalue weighted by Gasteiger charge is 2.23. The van der Waals surface area contributed by atoms with Crippen LogP contribution in [0.15, 0.2) is 206 Å². The fraction of sp³-hybridized carbons (Fsp3) is 0.129. The van der Waals surface area contributed by atoms with Crippen LogP contribution in [-0.2, 0) is 0 Å². The smallest absolute Gasteiger partial charge is 0.0546 e. The van der Waals surface area contributed by atoms with Gasteiger partial charge in [-0.3, -0.25) is 0 Å². The van der Waals surface area contributed by atoms with E-state index in [0.29, 0.717) is 11.8 Å². The molecule has 0 saturated heterocycles. The fourth-order valence-electron chi connectivity index (χ4n) is 9.24. The minimum absolute atomic E-state index is 0.362. The molecule has 312 valence electrons. The molecule has 0 aliphatic carbocycles. The molecule has 64 heavy (non-hydrogen) atoms. The van der Waals surface area contributed by atoms with Crippen molar-refractivity contribution in [3.8, 4) is 22.3 Å². The Morgan fingerprint density at radius 2 is 0.578 bits per heavy atom. The molecule has 0 aliphatic heterocycles. The van der Waals surface area contributed by atoms with Gasteiger partial charge in [0.05, 0.1) is 11.4 Å². The number of hydrogen-bond acceptors (Lipinski definition) is 2. The van der Waals surface area contributed by atoms with E-state index >= 15 is 0 Å². The average Bonchev–Trinajstić information content (AvgIpc) is 3.33. The largest absolute Gasteiger partial charge is 0.310 e. The van der Waals surface area contributed by atoms with Crippen molar-refractivity contribution >= 4 is 66.4 Å². The second-order valence-corrected chi connectivity index (χ2v) is 18.0. The Hall–Kier alpha value is -7.42. The molecule has 0 spiro atoms. The van der Waals surface area contributed by atoms with Crippen LogP contribution in [0.3, 0.4) is 0 Å². The molecule has 0 N–H and O–H groups in total. The maximum Gasteiger partial charge on any atom is 0.0546 e. The van der Waals surface area contributed by atoms with E-state index in [4.69, 9.17) is 0 Å². The highest BCUT2D eigenvalue weighted by atomic mass is 15.2. The van der Waals surface area contributed by atoms with Crippen LogP contribution in [0.2, 0.25) is 0 Å². The van der Waals surface area contributed by atoms with E-state index in [1.54, 1.807) is 0 Å². The fourth-order valence-corrected chi connectivity index (χ4v) is 9.24. The molecule has 2 nitrogen and oxygen atoms in total. The third-order valence-corrected chi connectivity index (χ3v) is 12.9. The second-order valence-electron chi connectivity index (χ2n) is 18.0. The molecule has 10 aromatic carbocycles. The van der Waals surface area contributed by atoms with E-state index in [9.17, 15) is 0 Å². The molecule has 2 heteroatoms. The van der Waals surface area contributed by atoms with Gasteiger partial charge in [-0.05, 0) is 141 Å². The highest BCUT2D eigenvalue weighted by Crippen LogP contribution is 2.49. The molecular formula is C62H54N2. The van der Waals surface area contributed by atoms with Crippen LogP contribution in [0.1, 0.15) is 61.8 Å². The zero-order valence-corrected chi connectivity index (χ0v) is 37.7. The van der Waals surface area contributed by atoms with Gasteiger partial charge in [-0.1, -0.05) is 184 Å². The number of fused-ring (bicyclic) bond motifs is 5. The maximum atomic E-state index is 2.47. The zero-order chi connectivity index (χ0) is 43.9. The van der Waals surface area contributed by atoms with E-state index in [2.05, 4.69) is 258 Å². The molecule has 0 saturated carbocycles. The van der Waals surface area contributed by atoms with E-state index in [0.717, 1.165) is 34.1 Å². The first-order valence-corrected chi connectivity index (χ1v) is 22.7. The lowest BCUT2D eigenvalue weighted by Gasteiger charge is -2.30. The van der Waals surface area contributed by atoms with Crippen molar-refractivity contribution in [3.05, 3.63) is 229 Å². The average molecular weight is 827 g/mol. The molecule has 0 aliphatic rings. The maximum absolute atomic E-state index is 2.47. The van der Waals surface area contributed by atoms with Crippen LogP contribution in [0.5, 0.6) is 0 Å². The first-order valence-electron chi connectivity index (χ1n) is 22.7. The van der Waals surface area contributed by atoms with Crippen molar-refractivity contribution < 1.29 is 0 Å². The Morgan fingerprint density at radius 3 is 0.906 bits per heavy atom. The normalized spacial score (nSPS) is 11.6. The summed E-state index contributed by atoms with van der Waals surface area (Å²) in [5, 5.41) is 7.40. The Balaban J connectivity index is 1.27. The van der Waals surface area contributed by atoms with E-state index in [-0.39, 0.29) is 0 Å². The van der Waals surface area contributed by atoms with E-state index in [1.807, 2.05) is 0 Å². The lowest BCUT2D eigenvalue weighted by molar-refractivity contribution is 0.868. The van der Waals surface area contributed by atoms with Gasteiger partial charge in [0.25, 0.3) is 0 Å². The summed E-state index contributed by atoms with van der Waals surface area (Å²) in [5.41, 5.74) is 16.7. The summed E-state index contributed by atoms with van der Waals surface area (Å²) in [6.45, 7) is 13.5. The summed E-state index contributed by atoms with van der Waals surface area (Å²) in [4.78, 5) is 4.92. The third-order valence-electron chi connectivity index (χ3n) is 12.9. The van der Waals surface area contributed by atoms with Gasteiger partial charge in [-0.15, -0.1) is 0 Å². The predicted octanol–water partition coefficient (Wildman–Crippen LogP) is 18.3. The van der Waals surface area contributed by atoms with Crippen LogP contribution in [0.25, 0.3) is 54.6 Å². The van der Waals surface area contributed by atoms with Gasteiger partial charge >= 0.3 is 0 Å². The first-order chi connectivity index (χ1) is 31.2. The van der Waals surface area contributed by atoms with Crippen molar-refractivity contribution in [2.75, 3.05) is 9.80 Å². The third kappa shape index (κ3) is 7.71. The van der Waals surface area contributed by atoms with Crippen LogP contribution < -0.4 is 9.80 Å². The topological polar surface area (TPSA) is 6.48 Å². The number of rotatable bonds is 10.